The summed E-state index contributed by atoms with van der Waals surface area (Å²) in [6, 6.07) is 7.77. The maximum Gasteiger partial charge on any atom is 0.234 e. The van der Waals surface area contributed by atoms with Gasteiger partial charge in [0.2, 0.25) is 5.91 Å². The Kier molecular flexibility index (Phi) is 5.24. The third kappa shape index (κ3) is 3.63. The standard InChI is InChI=1S/C15H23N3O2/c1-2-17-12(15(16)19)8-10-18-9-5-11-20-14-7-4-3-6-13(14)18/h3-4,6-7,12,17H,2,5,8-11H2,1H3,(H2,16,19). The predicted molar refractivity (Wildman–Crippen MR) is 80.0 cm³/mol. The van der Waals surface area contributed by atoms with Gasteiger partial charge in [-0.05, 0) is 31.5 Å². The number of carbonyl (C=O) groups excluding carboxylic acids is 1. The third-order valence-corrected chi connectivity index (χ3v) is 3.52. The van der Waals surface area contributed by atoms with Crippen LogP contribution in [0.3, 0.4) is 0 Å². The molecule has 0 saturated heterocycles. The Labute approximate surface area is 120 Å². The SMILES string of the molecule is CCNC(CCN1CCCOc2ccccc21)C(N)=O. The first-order valence-corrected chi connectivity index (χ1v) is 7.22. The highest BCUT2D eigenvalue weighted by molar-refractivity contribution is 5.79. The summed E-state index contributed by atoms with van der Waals surface area (Å²) in [5.41, 5.74) is 6.52. The Hall–Kier alpha value is -1.75. The highest BCUT2D eigenvalue weighted by Gasteiger charge is 2.19. The molecule has 0 bridgehead atoms. The van der Waals surface area contributed by atoms with E-state index in [0.29, 0.717) is 6.42 Å². The van der Waals surface area contributed by atoms with Crippen molar-refractivity contribution >= 4 is 11.6 Å². The highest BCUT2D eigenvalue weighted by atomic mass is 16.5. The number of hydrogen-bond acceptors (Lipinski definition) is 4. The maximum atomic E-state index is 11.4. The van der Waals surface area contributed by atoms with Gasteiger partial charge in [-0.25, -0.2) is 0 Å². The number of likely N-dealkylation sites (N-methyl/N-ethyl adjacent to an activating group) is 1. The zero-order valence-corrected chi connectivity index (χ0v) is 12.0. The van der Waals surface area contributed by atoms with Gasteiger partial charge in [0.1, 0.15) is 5.75 Å². The number of nitrogens with two attached hydrogens (primary N) is 1. The van der Waals surface area contributed by atoms with Crippen LogP contribution in [0.2, 0.25) is 0 Å². The second-order valence-corrected chi connectivity index (χ2v) is 4.96. The third-order valence-electron chi connectivity index (χ3n) is 3.52. The number of anilines is 1. The molecule has 0 aromatic heterocycles. The van der Waals surface area contributed by atoms with Gasteiger partial charge < -0.3 is 20.7 Å². The van der Waals surface area contributed by atoms with Gasteiger partial charge in [0.05, 0.1) is 18.3 Å². The van der Waals surface area contributed by atoms with Gasteiger partial charge in [0, 0.05) is 13.1 Å². The molecule has 1 aromatic carbocycles. The van der Waals surface area contributed by atoms with Crippen molar-refractivity contribution in [3.8, 4) is 5.75 Å². The minimum absolute atomic E-state index is 0.267. The maximum absolute atomic E-state index is 11.4. The van der Waals surface area contributed by atoms with Gasteiger partial charge in [0.15, 0.2) is 0 Å². The summed E-state index contributed by atoms with van der Waals surface area (Å²) in [6.45, 7) is 5.19. The van der Waals surface area contributed by atoms with Crippen LogP contribution in [0.1, 0.15) is 19.8 Å². The highest BCUT2D eigenvalue weighted by Crippen LogP contribution is 2.30. The molecule has 3 N–H and O–H groups in total. The Bertz CT molecular complexity index is 450. The lowest BCUT2D eigenvalue weighted by Gasteiger charge is -2.25. The molecule has 0 aliphatic carbocycles. The van der Waals surface area contributed by atoms with E-state index in [-0.39, 0.29) is 11.9 Å². The molecule has 5 nitrogen and oxygen atoms in total. The molecule has 5 heteroatoms. The van der Waals surface area contributed by atoms with E-state index in [1.54, 1.807) is 0 Å². The number of rotatable bonds is 6. The van der Waals surface area contributed by atoms with Crippen LogP contribution in [0.15, 0.2) is 24.3 Å². The Morgan fingerprint density at radius 3 is 3.05 bits per heavy atom. The number of fused-ring (bicyclic) bond motifs is 1. The number of nitrogens with one attached hydrogen (secondary N) is 1. The molecule has 1 atom stereocenters. The van der Waals surface area contributed by atoms with Crippen LogP contribution in [0.4, 0.5) is 5.69 Å². The number of para-hydroxylation sites is 2. The van der Waals surface area contributed by atoms with E-state index in [1.165, 1.54) is 0 Å². The summed E-state index contributed by atoms with van der Waals surface area (Å²) in [5, 5.41) is 3.13. The lowest BCUT2D eigenvalue weighted by Crippen LogP contribution is -2.43. The molecular weight excluding hydrogens is 254 g/mol. The number of benzene rings is 1. The molecule has 110 valence electrons. The van der Waals surface area contributed by atoms with Crippen molar-refractivity contribution in [1.82, 2.24) is 5.32 Å². The molecule has 0 spiro atoms. The van der Waals surface area contributed by atoms with Crippen molar-refractivity contribution in [3.63, 3.8) is 0 Å². The van der Waals surface area contributed by atoms with Crippen LogP contribution in [-0.2, 0) is 4.79 Å². The summed E-state index contributed by atoms with van der Waals surface area (Å²) in [4.78, 5) is 13.7. The summed E-state index contributed by atoms with van der Waals surface area (Å²) in [5.74, 6) is 0.635. The van der Waals surface area contributed by atoms with Crippen molar-refractivity contribution in [2.45, 2.75) is 25.8 Å². The van der Waals surface area contributed by atoms with Crippen LogP contribution < -0.4 is 20.7 Å². The fourth-order valence-electron chi connectivity index (χ4n) is 2.51. The minimum Gasteiger partial charge on any atom is -0.491 e. The van der Waals surface area contributed by atoms with Gasteiger partial charge in [-0.1, -0.05) is 19.1 Å². The molecule has 1 heterocycles. The largest absolute Gasteiger partial charge is 0.491 e. The molecule has 2 rings (SSSR count). The number of carbonyl (C=O) groups is 1. The topological polar surface area (TPSA) is 67.6 Å². The lowest BCUT2D eigenvalue weighted by molar-refractivity contribution is -0.120. The Balaban J connectivity index is 2.03. The lowest BCUT2D eigenvalue weighted by atomic mass is 10.1. The molecule has 20 heavy (non-hydrogen) atoms. The second kappa shape index (κ2) is 7.14. The molecule has 1 aliphatic heterocycles. The van der Waals surface area contributed by atoms with Crippen LogP contribution in [-0.4, -0.2) is 38.2 Å². The smallest absolute Gasteiger partial charge is 0.234 e. The molecule has 1 unspecified atom stereocenters. The first-order chi connectivity index (χ1) is 9.72. The van der Waals surface area contributed by atoms with Crippen LogP contribution in [0.25, 0.3) is 0 Å². The number of primary amides is 1. The molecule has 1 aliphatic rings. The van der Waals surface area contributed by atoms with Crippen molar-refractivity contribution in [2.24, 2.45) is 5.73 Å². The van der Waals surface area contributed by atoms with E-state index in [1.807, 2.05) is 25.1 Å². The van der Waals surface area contributed by atoms with E-state index >= 15 is 0 Å². The summed E-state index contributed by atoms with van der Waals surface area (Å²) in [6.07, 6.45) is 1.69. The predicted octanol–water partition coefficient (Wildman–Crippen LogP) is 1.13. The molecule has 0 radical (unpaired) electrons. The average molecular weight is 277 g/mol. The fraction of sp³-hybridized carbons (Fsp3) is 0.533. The van der Waals surface area contributed by atoms with E-state index in [4.69, 9.17) is 10.5 Å². The normalized spacial score (nSPS) is 15.9. The summed E-state index contributed by atoms with van der Waals surface area (Å²) >= 11 is 0. The van der Waals surface area contributed by atoms with Crippen LogP contribution in [0, 0.1) is 0 Å². The Morgan fingerprint density at radius 1 is 1.50 bits per heavy atom. The zero-order chi connectivity index (χ0) is 14.4. The summed E-state index contributed by atoms with van der Waals surface area (Å²) in [7, 11) is 0. The second-order valence-electron chi connectivity index (χ2n) is 4.96. The van der Waals surface area contributed by atoms with Crippen molar-refractivity contribution < 1.29 is 9.53 Å². The zero-order valence-electron chi connectivity index (χ0n) is 12.0. The molecule has 1 amide bonds. The van der Waals surface area contributed by atoms with E-state index in [2.05, 4.69) is 16.3 Å². The van der Waals surface area contributed by atoms with Gasteiger partial charge in [0.25, 0.3) is 0 Å². The number of hydrogen-bond donors (Lipinski definition) is 2. The summed E-state index contributed by atoms with van der Waals surface area (Å²) < 4.78 is 5.73. The monoisotopic (exact) mass is 277 g/mol. The Morgan fingerprint density at radius 2 is 2.30 bits per heavy atom. The van der Waals surface area contributed by atoms with Gasteiger partial charge in [-0.15, -0.1) is 0 Å². The minimum atomic E-state index is -0.286. The van der Waals surface area contributed by atoms with Gasteiger partial charge >= 0.3 is 0 Å². The number of nitrogens with zero attached hydrogens (tertiary/aromatic N) is 1. The van der Waals surface area contributed by atoms with Crippen molar-refractivity contribution in [3.05, 3.63) is 24.3 Å². The number of ether oxygens (including phenoxy) is 1. The van der Waals surface area contributed by atoms with E-state index in [9.17, 15) is 4.79 Å². The first-order valence-electron chi connectivity index (χ1n) is 7.22. The van der Waals surface area contributed by atoms with Crippen molar-refractivity contribution in [2.75, 3.05) is 31.1 Å². The number of amides is 1. The van der Waals surface area contributed by atoms with Gasteiger partial charge in [-0.2, -0.15) is 0 Å². The van der Waals surface area contributed by atoms with Crippen molar-refractivity contribution in [1.29, 1.82) is 0 Å². The fourth-order valence-corrected chi connectivity index (χ4v) is 2.51. The molecule has 0 saturated carbocycles. The quantitative estimate of drug-likeness (QED) is 0.818. The van der Waals surface area contributed by atoms with Gasteiger partial charge in [-0.3, -0.25) is 4.79 Å². The van der Waals surface area contributed by atoms with Crippen LogP contribution in [0.5, 0.6) is 5.75 Å². The molecule has 0 fully saturated rings. The molecule has 1 aromatic rings. The van der Waals surface area contributed by atoms with Crippen LogP contribution >= 0.6 is 0 Å². The van der Waals surface area contributed by atoms with E-state index < -0.39 is 0 Å². The average Bonchev–Trinajstić information content (AvgIpc) is 2.65. The molecular formula is C15H23N3O2. The first kappa shape index (κ1) is 14.7. The van der Waals surface area contributed by atoms with E-state index in [0.717, 1.165) is 44.1 Å².